The fourth-order valence-corrected chi connectivity index (χ4v) is 2.17. The number of fused-ring (bicyclic) bond motifs is 1. The molecule has 2 N–H and O–H groups in total. The van der Waals surface area contributed by atoms with Crippen LogP contribution in [-0.4, -0.2) is 21.3 Å². The molecule has 0 saturated heterocycles. The quantitative estimate of drug-likeness (QED) is 0.768. The number of carboxylic acid groups (broad SMARTS) is 1. The van der Waals surface area contributed by atoms with Gasteiger partial charge < -0.3 is 10.4 Å². The lowest BCUT2D eigenvalue weighted by atomic mass is 10.1. The van der Waals surface area contributed by atoms with Crippen molar-refractivity contribution in [1.82, 2.24) is 10.2 Å². The molecule has 0 aliphatic carbocycles. The predicted molar refractivity (Wildman–Crippen MR) is 80.3 cm³/mol. The molecule has 0 bridgehead atoms. The second-order valence-corrected chi connectivity index (χ2v) is 4.59. The van der Waals surface area contributed by atoms with Crippen molar-refractivity contribution < 1.29 is 9.90 Å². The van der Waals surface area contributed by atoms with E-state index in [1.165, 1.54) is 0 Å². The van der Waals surface area contributed by atoms with Gasteiger partial charge in [-0.05, 0) is 11.6 Å². The van der Waals surface area contributed by atoms with E-state index in [4.69, 9.17) is 0 Å². The summed E-state index contributed by atoms with van der Waals surface area (Å²) in [5.41, 5.74) is 2.16. The number of rotatable bonds is 4. The van der Waals surface area contributed by atoms with Crippen molar-refractivity contribution in [3.05, 3.63) is 65.9 Å². The molecular weight excluding hydrogens is 266 g/mol. The van der Waals surface area contributed by atoms with Gasteiger partial charge in [-0.1, -0.05) is 48.5 Å². The molecule has 104 valence electrons. The van der Waals surface area contributed by atoms with E-state index < -0.39 is 5.97 Å². The number of nitrogens with zero attached hydrogens (tertiary/aromatic N) is 2. The van der Waals surface area contributed by atoms with Crippen LogP contribution < -0.4 is 5.32 Å². The van der Waals surface area contributed by atoms with Crippen molar-refractivity contribution in [2.75, 3.05) is 5.32 Å². The normalized spacial score (nSPS) is 10.5. The van der Waals surface area contributed by atoms with Gasteiger partial charge in [0.25, 0.3) is 0 Å². The number of aromatic nitrogens is 2. The topological polar surface area (TPSA) is 75.1 Å². The van der Waals surface area contributed by atoms with Gasteiger partial charge in [-0.15, -0.1) is 10.2 Å². The smallest absolute Gasteiger partial charge is 0.358 e. The Morgan fingerprint density at radius 1 is 1.00 bits per heavy atom. The summed E-state index contributed by atoms with van der Waals surface area (Å²) in [6.07, 6.45) is 0. The molecule has 0 aliphatic heterocycles. The Morgan fingerprint density at radius 2 is 1.71 bits per heavy atom. The Bertz CT molecular complexity index is 788. The maximum atomic E-state index is 11.3. The largest absolute Gasteiger partial charge is 0.476 e. The summed E-state index contributed by atoms with van der Waals surface area (Å²) in [5, 5.41) is 21.0. The van der Waals surface area contributed by atoms with Crippen LogP contribution in [0.4, 0.5) is 5.69 Å². The van der Waals surface area contributed by atoms with Crippen molar-refractivity contribution >= 4 is 22.6 Å². The van der Waals surface area contributed by atoms with Crippen LogP contribution >= 0.6 is 0 Å². The van der Waals surface area contributed by atoms with Crippen LogP contribution in [0.3, 0.4) is 0 Å². The van der Waals surface area contributed by atoms with E-state index in [2.05, 4.69) is 15.5 Å². The fourth-order valence-electron chi connectivity index (χ4n) is 2.17. The third kappa shape index (κ3) is 2.67. The second-order valence-electron chi connectivity index (χ2n) is 4.59. The van der Waals surface area contributed by atoms with Gasteiger partial charge in [0, 0.05) is 11.9 Å². The van der Waals surface area contributed by atoms with Crippen LogP contribution in [0.15, 0.2) is 54.6 Å². The van der Waals surface area contributed by atoms with E-state index >= 15 is 0 Å². The Kier molecular flexibility index (Phi) is 3.47. The summed E-state index contributed by atoms with van der Waals surface area (Å²) >= 11 is 0. The molecule has 0 radical (unpaired) electrons. The zero-order chi connectivity index (χ0) is 14.7. The molecule has 0 unspecified atom stereocenters. The van der Waals surface area contributed by atoms with Crippen molar-refractivity contribution in [3.63, 3.8) is 0 Å². The van der Waals surface area contributed by atoms with E-state index in [0.29, 0.717) is 17.7 Å². The lowest BCUT2D eigenvalue weighted by molar-refractivity contribution is 0.0690. The van der Waals surface area contributed by atoms with E-state index in [0.717, 1.165) is 10.9 Å². The van der Waals surface area contributed by atoms with Crippen molar-refractivity contribution in [3.8, 4) is 0 Å². The number of aromatic carboxylic acids is 1. The van der Waals surface area contributed by atoms with Crippen molar-refractivity contribution in [2.45, 2.75) is 6.54 Å². The highest BCUT2D eigenvalue weighted by Crippen LogP contribution is 2.24. The Hall–Kier alpha value is -2.95. The minimum atomic E-state index is -1.09. The lowest BCUT2D eigenvalue weighted by Gasteiger charge is -2.11. The lowest BCUT2D eigenvalue weighted by Crippen LogP contribution is -2.10. The number of anilines is 1. The van der Waals surface area contributed by atoms with E-state index in [1.807, 2.05) is 54.6 Å². The number of hydrogen-bond donors (Lipinski definition) is 2. The van der Waals surface area contributed by atoms with Gasteiger partial charge >= 0.3 is 5.97 Å². The molecule has 2 aromatic carbocycles. The highest BCUT2D eigenvalue weighted by Gasteiger charge is 2.16. The molecular formula is C16H13N3O2. The SMILES string of the molecule is O=C(O)c1nnc2ccccc2c1NCc1ccccc1. The van der Waals surface area contributed by atoms with Gasteiger partial charge in [-0.3, -0.25) is 0 Å². The molecule has 0 atom stereocenters. The molecule has 21 heavy (non-hydrogen) atoms. The average Bonchev–Trinajstić information content (AvgIpc) is 2.53. The van der Waals surface area contributed by atoms with E-state index in [-0.39, 0.29) is 5.69 Å². The molecule has 0 saturated carbocycles. The van der Waals surface area contributed by atoms with E-state index in [1.54, 1.807) is 0 Å². The average molecular weight is 279 g/mol. The van der Waals surface area contributed by atoms with Gasteiger partial charge in [0.05, 0.1) is 11.2 Å². The van der Waals surface area contributed by atoms with Gasteiger partial charge in [-0.25, -0.2) is 4.79 Å². The second kappa shape index (κ2) is 5.58. The first kappa shape index (κ1) is 13.1. The van der Waals surface area contributed by atoms with Gasteiger partial charge in [-0.2, -0.15) is 0 Å². The zero-order valence-corrected chi connectivity index (χ0v) is 11.2. The summed E-state index contributed by atoms with van der Waals surface area (Å²) in [4.78, 5) is 11.3. The minimum Gasteiger partial charge on any atom is -0.476 e. The first-order valence-corrected chi connectivity index (χ1v) is 6.52. The fraction of sp³-hybridized carbons (Fsp3) is 0.0625. The number of hydrogen-bond acceptors (Lipinski definition) is 4. The molecule has 0 aliphatic rings. The van der Waals surface area contributed by atoms with Crippen LogP contribution in [0.1, 0.15) is 16.1 Å². The summed E-state index contributed by atoms with van der Waals surface area (Å²) in [5.74, 6) is -1.09. The molecule has 1 aromatic heterocycles. The van der Waals surface area contributed by atoms with Crippen LogP contribution in [0.25, 0.3) is 10.9 Å². The third-order valence-electron chi connectivity index (χ3n) is 3.18. The number of carboxylic acids is 1. The molecule has 3 aromatic rings. The number of benzene rings is 2. The summed E-state index contributed by atoms with van der Waals surface area (Å²) in [6, 6.07) is 17.1. The van der Waals surface area contributed by atoms with Crippen molar-refractivity contribution in [2.24, 2.45) is 0 Å². The maximum absolute atomic E-state index is 11.3. The van der Waals surface area contributed by atoms with Crippen LogP contribution in [-0.2, 0) is 6.54 Å². The molecule has 5 heteroatoms. The Balaban J connectivity index is 2.02. The molecule has 5 nitrogen and oxygen atoms in total. The van der Waals surface area contributed by atoms with E-state index in [9.17, 15) is 9.90 Å². The minimum absolute atomic E-state index is 0.0652. The van der Waals surface area contributed by atoms with Gasteiger partial charge in [0.1, 0.15) is 0 Å². The highest BCUT2D eigenvalue weighted by molar-refractivity contribution is 6.02. The number of nitrogens with one attached hydrogen (secondary N) is 1. The van der Waals surface area contributed by atoms with Crippen LogP contribution in [0.5, 0.6) is 0 Å². The van der Waals surface area contributed by atoms with Gasteiger partial charge in [0.15, 0.2) is 5.69 Å². The predicted octanol–water partition coefficient (Wildman–Crippen LogP) is 2.94. The molecule has 0 fully saturated rings. The highest BCUT2D eigenvalue weighted by atomic mass is 16.4. The Labute approximate surface area is 121 Å². The van der Waals surface area contributed by atoms with Crippen LogP contribution in [0, 0.1) is 0 Å². The monoisotopic (exact) mass is 279 g/mol. The summed E-state index contributed by atoms with van der Waals surface area (Å²) in [7, 11) is 0. The first-order valence-electron chi connectivity index (χ1n) is 6.52. The first-order chi connectivity index (χ1) is 10.3. The standard InChI is InChI=1S/C16H13N3O2/c20-16(21)15-14(17-10-11-6-2-1-3-7-11)12-8-4-5-9-13(12)18-19-15/h1-9H,10H2,(H,17,18)(H,20,21). The third-order valence-corrected chi connectivity index (χ3v) is 3.18. The molecule has 3 rings (SSSR count). The summed E-state index contributed by atoms with van der Waals surface area (Å²) < 4.78 is 0. The molecule has 1 heterocycles. The Morgan fingerprint density at radius 3 is 2.48 bits per heavy atom. The van der Waals surface area contributed by atoms with Crippen LogP contribution in [0.2, 0.25) is 0 Å². The summed E-state index contributed by atoms with van der Waals surface area (Å²) in [6.45, 7) is 0.525. The number of carbonyl (C=O) groups is 1. The molecule has 0 spiro atoms. The maximum Gasteiger partial charge on any atom is 0.358 e. The zero-order valence-electron chi connectivity index (χ0n) is 11.2. The molecule has 0 amide bonds. The van der Waals surface area contributed by atoms with Crippen molar-refractivity contribution in [1.29, 1.82) is 0 Å². The van der Waals surface area contributed by atoms with Gasteiger partial charge in [0.2, 0.25) is 0 Å².